The average Bonchev–Trinajstić information content (AvgIpc) is 3.05. The Morgan fingerprint density at radius 2 is 1.30 bits per heavy atom. The van der Waals surface area contributed by atoms with Crippen LogP contribution >= 0.6 is 0 Å². The molecule has 0 spiro atoms. The van der Waals surface area contributed by atoms with E-state index in [4.69, 9.17) is 5.11 Å². The molecule has 4 heteroatoms. The van der Waals surface area contributed by atoms with Gasteiger partial charge in [-0.25, -0.2) is 4.79 Å². The monoisotopic (exact) mass is 306 g/mol. The Morgan fingerprint density at radius 3 is 1.74 bits per heavy atom. The molecule has 4 nitrogen and oxygen atoms in total. The second-order valence-electron chi connectivity index (χ2n) is 5.61. The first-order chi connectivity index (χ1) is 11.0. The number of H-pyrrole nitrogens is 1. The maximum atomic E-state index is 10.9. The molecule has 3 aromatic rings. The number of hydrogen-bond acceptors (Lipinski definition) is 2. The fourth-order valence-corrected chi connectivity index (χ4v) is 2.46. The summed E-state index contributed by atoms with van der Waals surface area (Å²) in [5, 5.41) is 8.95. The molecule has 2 aromatic carbocycles. The molecule has 0 radical (unpaired) electrons. The molecular weight excluding hydrogens is 288 g/mol. The summed E-state index contributed by atoms with van der Waals surface area (Å²) >= 11 is 0. The third-order valence-electron chi connectivity index (χ3n) is 3.82. The van der Waals surface area contributed by atoms with E-state index in [0.717, 1.165) is 28.2 Å². The minimum atomic E-state index is -0.912. The van der Waals surface area contributed by atoms with Crippen molar-refractivity contribution in [1.29, 1.82) is 0 Å². The third kappa shape index (κ3) is 3.11. The summed E-state index contributed by atoms with van der Waals surface area (Å²) in [5.41, 5.74) is 5.53. The first kappa shape index (κ1) is 14.9. The van der Waals surface area contributed by atoms with Crippen LogP contribution in [0.25, 0.3) is 22.5 Å². The topological polar surface area (TPSA) is 56.3 Å². The lowest BCUT2D eigenvalue weighted by Gasteiger charge is -2.12. The molecule has 3 rings (SSSR count). The molecule has 1 aromatic heterocycles. The van der Waals surface area contributed by atoms with Crippen LogP contribution in [0, 0.1) is 0 Å². The molecule has 0 amide bonds. The van der Waals surface area contributed by atoms with Crippen molar-refractivity contribution >= 4 is 11.7 Å². The van der Waals surface area contributed by atoms with Crippen LogP contribution in [-0.2, 0) is 0 Å². The summed E-state index contributed by atoms with van der Waals surface area (Å²) in [6.45, 7) is 0. The number of carboxylic acid groups (broad SMARTS) is 1. The average molecular weight is 306 g/mol. The molecule has 116 valence electrons. The third-order valence-corrected chi connectivity index (χ3v) is 3.82. The Hall–Kier alpha value is -3.01. The second-order valence-corrected chi connectivity index (χ2v) is 5.61. The van der Waals surface area contributed by atoms with Gasteiger partial charge in [-0.1, -0.05) is 24.3 Å². The lowest BCUT2D eigenvalue weighted by atomic mass is 10.1. The minimum Gasteiger partial charge on any atom is -0.478 e. The largest absolute Gasteiger partial charge is 0.478 e. The van der Waals surface area contributed by atoms with Gasteiger partial charge in [0.25, 0.3) is 0 Å². The summed E-state index contributed by atoms with van der Waals surface area (Å²) in [5.74, 6) is -0.912. The fraction of sp³-hybridized carbons (Fsp3) is 0.105. The number of anilines is 1. The van der Waals surface area contributed by atoms with Crippen LogP contribution in [0.4, 0.5) is 5.69 Å². The summed E-state index contributed by atoms with van der Waals surface area (Å²) in [6.07, 6.45) is 0. The number of carboxylic acids is 1. The van der Waals surface area contributed by atoms with Gasteiger partial charge in [-0.15, -0.1) is 0 Å². The lowest BCUT2D eigenvalue weighted by Crippen LogP contribution is -2.07. The van der Waals surface area contributed by atoms with Gasteiger partial charge in [0.15, 0.2) is 0 Å². The first-order valence-electron chi connectivity index (χ1n) is 7.35. The predicted octanol–water partition coefficient (Wildman–Crippen LogP) is 4.11. The minimum absolute atomic E-state index is 0.291. The van der Waals surface area contributed by atoms with Gasteiger partial charge in [0.1, 0.15) is 0 Å². The van der Waals surface area contributed by atoms with Gasteiger partial charge < -0.3 is 15.0 Å². The van der Waals surface area contributed by atoms with Gasteiger partial charge in [0, 0.05) is 31.2 Å². The molecule has 1 heterocycles. The van der Waals surface area contributed by atoms with Crippen molar-refractivity contribution in [2.75, 3.05) is 19.0 Å². The second kappa shape index (κ2) is 6.01. The molecule has 0 fully saturated rings. The van der Waals surface area contributed by atoms with Gasteiger partial charge >= 0.3 is 5.97 Å². The van der Waals surface area contributed by atoms with Gasteiger partial charge in [0.2, 0.25) is 0 Å². The zero-order chi connectivity index (χ0) is 16.4. The van der Waals surface area contributed by atoms with E-state index >= 15 is 0 Å². The molecular formula is C19H18N2O2. The Morgan fingerprint density at radius 1 is 0.826 bits per heavy atom. The standard InChI is InChI=1S/C19H18N2O2/c1-21(2)16-9-7-14(8-10-16)18-12-11-17(20-18)13-3-5-15(6-4-13)19(22)23/h3-12,20H,1-2H3,(H,22,23). The van der Waals surface area contributed by atoms with E-state index in [-0.39, 0.29) is 0 Å². The van der Waals surface area contributed by atoms with Crippen molar-refractivity contribution in [3.05, 3.63) is 66.2 Å². The highest BCUT2D eigenvalue weighted by Gasteiger charge is 2.06. The molecule has 0 saturated heterocycles. The van der Waals surface area contributed by atoms with Gasteiger partial charge in [-0.05, 0) is 47.5 Å². The van der Waals surface area contributed by atoms with Crippen molar-refractivity contribution in [3.8, 4) is 22.5 Å². The van der Waals surface area contributed by atoms with E-state index in [1.165, 1.54) is 0 Å². The zero-order valence-electron chi connectivity index (χ0n) is 13.1. The molecule has 2 N–H and O–H groups in total. The number of hydrogen-bond donors (Lipinski definition) is 2. The van der Waals surface area contributed by atoms with E-state index < -0.39 is 5.97 Å². The molecule has 0 atom stereocenters. The molecule has 0 aliphatic rings. The van der Waals surface area contributed by atoms with Gasteiger partial charge in [-0.3, -0.25) is 0 Å². The number of aromatic amines is 1. The van der Waals surface area contributed by atoms with Crippen LogP contribution in [0.1, 0.15) is 10.4 Å². The number of benzene rings is 2. The number of rotatable bonds is 4. The summed E-state index contributed by atoms with van der Waals surface area (Å²) in [7, 11) is 4.03. The lowest BCUT2D eigenvalue weighted by molar-refractivity contribution is 0.0697. The maximum absolute atomic E-state index is 10.9. The quantitative estimate of drug-likeness (QED) is 0.762. The van der Waals surface area contributed by atoms with Crippen LogP contribution in [0.3, 0.4) is 0 Å². The van der Waals surface area contributed by atoms with Crippen molar-refractivity contribution in [1.82, 2.24) is 4.98 Å². The van der Waals surface area contributed by atoms with E-state index in [0.29, 0.717) is 5.56 Å². The van der Waals surface area contributed by atoms with Crippen LogP contribution < -0.4 is 4.90 Å². The van der Waals surface area contributed by atoms with Crippen molar-refractivity contribution in [2.24, 2.45) is 0 Å². The Labute approximate surface area is 135 Å². The molecule has 0 unspecified atom stereocenters. The van der Waals surface area contributed by atoms with Crippen LogP contribution in [0.5, 0.6) is 0 Å². The van der Waals surface area contributed by atoms with Crippen LogP contribution in [0.15, 0.2) is 60.7 Å². The maximum Gasteiger partial charge on any atom is 0.335 e. The van der Waals surface area contributed by atoms with Crippen LogP contribution in [0.2, 0.25) is 0 Å². The number of nitrogens with one attached hydrogen (secondary N) is 1. The predicted molar refractivity (Wildman–Crippen MR) is 93.0 cm³/mol. The normalized spacial score (nSPS) is 10.5. The zero-order valence-corrected chi connectivity index (χ0v) is 13.1. The Balaban J connectivity index is 1.86. The number of nitrogens with zero attached hydrogens (tertiary/aromatic N) is 1. The van der Waals surface area contributed by atoms with Gasteiger partial charge in [-0.2, -0.15) is 0 Å². The van der Waals surface area contributed by atoms with E-state index in [9.17, 15) is 4.79 Å². The number of aromatic nitrogens is 1. The SMILES string of the molecule is CN(C)c1ccc(-c2ccc(-c3ccc(C(=O)O)cc3)[nH]2)cc1. The molecule has 0 aliphatic carbocycles. The van der Waals surface area contributed by atoms with Crippen molar-refractivity contribution < 1.29 is 9.90 Å². The highest BCUT2D eigenvalue weighted by molar-refractivity contribution is 5.88. The highest BCUT2D eigenvalue weighted by Crippen LogP contribution is 2.26. The molecule has 23 heavy (non-hydrogen) atoms. The molecule has 0 saturated carbocycles. The summed E-state index contributed by atoms with van der Waals surface area (Å²) in [6, 6.07) is 19.2. The Bertz CT molecular complexity index is 815. The van der Waals surface area contributed by atoms with Gasteiger partial charge in [0.05, 0.1) is 5.56 Å². The van der Waals surface area contributed by atoms with Crippen molar-refractivity contribution in [2.45, 2.75) is 0 Å². The smallest absolute Gasteiger partial charge is 0.335 e. The Kier molecular flexibility index (Phi) is 3.89. The van der Waals surface area contributed by atoms with Crippen molar-refractivity contribution in [3.63, 3.8) is 0 Å². The number of carbonyl (C=O) groups is 1. The van der Waals surface area contributed by atoms with Crippen LogP contribution in [-0.4, -0.2) is 30.2 Å². The molecule has 0 aliphatic heterocycles. The van der Waals surface area contributed by atoms with E-state index in [1.807, 2.05) is 38.4 Å². The highest BCUT2D eigenvalue weighted by atomic mass is 16.4. The number of aromatic carboxylic acids is 1. The first-order valence-corrected chi connectivity index (χ1v) is 7.35. The summed E-state index contributed by atoms with van der Waals surface area (Å²) in [4.78, 5) is 16.3. The molecule has 0 bridgehead atoms. The van der Waals surface area contributed by atoms with E-state index in [2.05, 4.69) is 34.1 Å². The summed E-state index contributed by atoms with van der Waals surface area (Å²) < 4.78 is 0. The fourth-order valence-electron chi connectivity index (χ4n) is 2.46. The van der Waals surface area contributed by atoms with E-state index in [1.54, 1.807) is 12.1 Å².